The number of aromatic nitrogens is 1. The molecule has 1 aromatic rings. The number of pyridine rings is 1. The van der Waals surface area contributed by atoms with E-state index in [4.69, 9.17) is 4.74 Å². The maximum atomic E-state index is 13.0. The minimum atomic E-state index is -0.966. The third-order valence-corrected chi connectivity index (χ3v) is 6.99. The number of likely N-dealkylation sites (N-methyl/N-ethyl adjacent to an activating group) is 1. The number of carbonyl (C=O) groups is 2. The predicted octanol–water partition coefficient (Wildman–Crippen LogP) is 4.27. The Morgan fingerprint density at radius 1 is 1.24 bits per heavy atom. The van der Waals surface area contributed by atoms with Crippen molar-refractivity contribution in [3.8, 4) is 0 Å². The van der Waals surface area contributed by atoms with E-state index in [1.54, 1.807) is 0 Å². The van der Waals surface area contributed by atoms with Crippen molar-refractivity contribution in [3.05, 3.63) is 30.1 Å². The third kappa shape index (κ3) is 8.58. The van der Waals surface area contributed by atoms with Gasteiger partial charge in [0.05, 0.1) is 0 Å². The highest BCUT2D eigenvalue weighted by Crippen LogP contribution is 2.24. The van der Waals surface area contributed by atoms with Gasteiger partial charge in [-0.05, 0) is 44.4 Å². The minimum absolute atomic E-state index is 0.0978. The number of rotatable bonds is 11. The summed E-state index contributed by atoms with van der Waals surface area (Å²) >= 11 is 1.44. The van der Waals surface area contributed by atoms with Crippen LogP contribution in [0.5, 0.6) is 0 Å². The van der Waals surface area contributed by atoms with Gasteiger partial charge in [-0.1, -0.05) is 50.9 Å². The molecule has 0 radical (unpaired) electrons. The van der Waals surface area contributed by atoms with Gasteiger partial charge in [-0.2, -0.15) is 5.01 Å². The van der Waals surface area contributed by atoms with Crippen molar-refractivity contribution in [2.45, 2.75) is 77.5 Å². The number of hydrazone groups is 1. The van der Waals surface area contributed by atoms with Crippen molar-refractivity contribution in [3.63, 3.8) is 0 Å². The molecule has 0 saturated heterocycles. The summed E-state index contributed by atoms with van der Waals surface area (Å²) in [5, 5.41) is 9.08. The third-order valence-electron chi connectivity index (χ3n) is 6.18. The van der Waals surface area contributed by atoms with Crippen LogP contribution in [0.4, 0.5) is 4.79 Å². The summed E-state index contributed by atoms with van der Waals surface area (Å²) in [6.45, 7) is 5.90. The Bertz CT molecular complexity index is 814. The Morgan fingerprint density at radius 2 is 2.03 bits per heavy atom. The molecule has 2 heterocycles. The molecule has 1 unspecified atom stereocenters. The highest BCUT2D eigenvalue weighted by Gasteiger charge is 2.38. The molecule has 1 N–H and O–H groups in total. The summed E-state index contributed by atoms with van der Waals surface area (Å²) in [6.07, 6.45) is 8.28. The molecular formula is C25H39N5O3S. The molecule has 1 aliphatic carbocycles. The van der Waals surface area contributed by atoms with Crippen LogP contribution in [0.3, 0.4) is 0 Å². The lowest BCUT2D eigenvalue weighted by Gasteiger charge is -2.26. The van der Waals surface area contributed by atoms with Crippen LogP contribution in [0, 0.1) is 5.92 Å². The smallest absolute Gasteiger partial charge is 0.341 e. The average molecular weight is 490 g/mol. The number of ketones is 1. The molecule has 8 nitrogen and oxygen atoms in total. The molecule has 1 aromatic heterocycles. The fourth-order valence-electron chi connectivity index (χ4n) is 4.02. The van der Waals surface area contributed by atoms with Crippen LogP contribution in [0.15, 0.2) is 29.5 Å². The number of carbonyl (C=O) groups excluding carboxylic acids is 2. The van der Waals surface area contributed by atoms with Gasteiger partial charge in [-0.25, -0.2) is 4.79 Å². The van der Waals surface area contributed by atoms with Crippen LogP contribution in [0.2, 0.25) is 0 Å². The van der Waals surface area contributed by atoms with E-state index in [1.807, 2.05) is 24.4 Å². The molecule has 3 rings (SSSR count). The maximum absolute atomic E-state index is 13.0. The zero-order valence-corrected chi connectivity index (χ0v) is 21.6. The molecule has 188 valence electrons. The van der Waals surface area contributed by atoms with Gasteiger partial charge < -0.3 is 15.0 Å². The normalized spacial score (nSPS) is 18.8. The second kappa shape index (κ2) is 13.7. The van der Waals surface area contributed by atoms with Crippen molar-refractivity contribution in [2.24, 2.45) is 11.0 Å². The average Bonchev–Trinajstić information content (AvgIpc) is 3.27. The van der Waals surface area contributed by atoms with E-state index in [-0.39, 0.29) is 17.9 Å². The van der Waals surface area contributed by atoms with Gasteiger partial charge in [-0.3, -0.25) is 9.78 Å². The highest BCUT2D eigenvalue weighted by molar-refractivity contribution is 8.13. The van der Waals surface area contributed by atoms with Crippen LogP contribution in [-0.2, 0) is 16.0 Å². The lowest BCUT2D eigenvalue weighted by Crippen LogP contribution is -2.48. The maximum Gasteiger partial charge on any atom is 0.341 e. The molecule has 34 heavy (non-hydrogen) atoms. The predicted molar refractivity (Wildman–Crippen MR) is 137 cm³/mol. The molecule has 0 bridgehead atoms. The molecule has 2 aliphatic rings. The van der Waals surface area contributed by atoms with E-state index in [0.29, 0.717) is 17.6 Å². The van der Waals surface area contributed by atoms with Gasteiger partial charge in [0.15, 0.2) is 5.78 Å². The topological polar surface area (TPSA) is 87.1 Å². The SMILES string of the molecule is CC(C)CCC(=O)C1OC(SCCN(C)CCc2ccccn2)=NN1C(=O)NC1CCCCC1. The second-order valence-corrected chi connectivity index (χ2v) is 10.6. The molecule has 2 amide bonds. The largest absolute Gasteiger partial charge is 0.438 e. The van der Waals surface area contributed by atoms with Gasteiger partial charge in [0.25, 0.3) is 11.5 Å². The van der Waals surface area contributed by atoms with Crippen molar-refractivity contribution in [1.29, 1.82) is 0 Å². The molecular weight excluding hydrogens is 450 g/mol. The molecule has 0 aromatic carbocycles. The van der Waals surface area contributed by atoms with Gasteiger partial charge in [-0.15, -0.1) is 5.10 Å². The van der Waals surface area contributed by atoms with Crippen LogP contribution >= 0.6 is 11.8 Å². The summed E-state index contributed by atoms with van der Waals surface area (Å²) in [6, 6.07) is 5.77. The van der Waals surface area contributed by atoms with Gasteiger partial charge >= 0.3 is 6.03 Å². The number of thioether (sulfide) groups is 1. The monoisotopic (exact) mass is 489 g/mol. The Hall–Kier alpha value is -2.13. The van der Waals surface area contributed by atoms with Crippen molar-refractivity contribution in [2.75, 3.05) is 25.9 Å². The highest BCUT2D eigenvalue weighted by atomic mass is 32.2. The van der Waals surface area contributed by atoms with E-state index in [9.17, 15) is 9.59 Å². The Balaban J connectivity index is 1.51. The first-order valence-corrected chi connectivity index (χ1v) is 13.5. The molecule has 1 atom stereocenters. The van der Waals surface area contributed by atoms with E-state index < -0.39 is 6.23 Å². The zero-order valence-electron chi connectivity index (χ0n) is 20.7. The lowest BCUT2D eigenvalue weighted by atomic mass is 9.96. The first-order chi connectivity index (χ1) is 16.4. The molecule has 9 heteroatoms. The fourth-order valence-corrected chi connectivity index (χ4v) is 4.90. The fraction of sp³-hybridized carbons (Fsp3) is 0.680. The van der Waals surface area contributed by atoms with E-state index in [2.05, 4.69) is 41.2 Å². The number of nitrogens with zero attached hydrogens (tertiary/aromatic N) is 4. The molecule has 1 aliphatic heterocycles. The summed E-state index contributed by atoms with van der Waals surface area (Å²) in [4.78, 5) is 32.4. The lowest BCUT2D eigenvalue weighted by molar-refractivity contribution is -0.131. The number of ether oxygens (including phenoxy) is 1. The number of hydrogen-bond acceptors (Lipinski definition) is 7. The van der Waals surface area contributed by atoms with Crippen molar-refractivity contribution in [1.82, 2.24) is 20.2 Å². The Kier molecular flexibility index (Phi) is 10.7. The number of hydrogen-bond donors (Lipinski definition) is 1. The van der Waals surface area contributed by atoms with E-state index in [1.165, 1.54) is 23.2 Å². The first-order valence-electron chi connectivity index (χ1n) is 12.5. The molecule has 1 fully saturated rings. The van der Waals surface area contributed by atoms with Crippen LogP contribution < -0.4 is 5.32 Å². The van der Waals surface area contributed by atoms with Gasteiger partial charge in [0.2, 0.25) is 0 Å². The van der Waals surface area contributed by atoms with Crippen LogP contribution in [0.25, 0.3) is 0 Å². The second-order valence-electron chi connectivity index (χ2n) is 9.59. The minimum Gasteiger partial charge on any atom is -0.438 e. The Morgan fingerprint density at radius 3 is 2.74 bits per heavy atom. The Labute approximate surface area is 207 Å². The van der Waals surface area contributed by atoms with Crippen LogP contribution in [-0.4, -0.2) is 70.1 Å². The summed E-state index contributed by atoms with van der Waals surface area (Å²) in [5.74, 6) is 1.06. The van der Waals surface area contributed by atoms with Gasteiger partial charge in [0, 0.05) is 49.6 Å². The number of Topliss-reactive ketones (excluding diaryl/α,β-unsaturated/α-hetero) is 1. The molecule has 0 spiro atoms. The van der Waals surface area contributed by atoms with Crippen LogP contribution in [0.1, 0.15) is 64.5 Å². The number of nitrogens with one attached hydrogen (secondary N) is 1. The number of amides is 2. The zero-order chi connectivity index (χ0) is 24.3. The van der Waals surface area contributed by atoms with E-state index in [0.717, 1.165) is 63.1 Å². The summed E-state index contributed by atoms with van der Waals surface area (Å²) in [5.41, 5.74) is 1.08. The van der Waals surface area contributed by atoms with E-state index >= 15 is 0 Å². The quantitative estimate of drug-likeness (QED) is 0.500. The number of urea groups is 1. The van der Waals surface area contributed by atoms with Crippen molar-refractivity contribution < 1.29 is 14.3 Å². The first kappa shape index (κ1) is 26.5. The van der Waals surface area contributed by atoms with Gasteiger partial charge in [0.1, 0.15) is 0 Å². The van der Waals surface area contributed by atoms with Crippen molar-refractivity contribution >= 4 is 28.8 Å². The molecule has 1 saturated carbocycles. The summed E-state index contributed by atoms with van der Waals surface area (Å²) in [7, 11) is 2.07. The summed E-state index contributed by atoms with van der Waals surface area (Å²) < 4.78 is 5.89. The standard InChI is InChI=1S/C25H39N5O3S/c1-19(2)12-13-22(31)23-30(24(32)27-21-10-5-4-6-11-21)28-25(33-23)34-18-17-29(3)16-14-20-9-7-8-15-26-20/h7-9,15,19,21,23H,4-6,10-14,16-18H2,1-3H3,(H,27,32).